The fourth-order valence-electron chi connectivity index (χ4n) is 2.38. The monoisotopic (exact) mass is 179 g/mol. The normalized spacial score (nSPS) is 26.7. The Kier molecular flexibility index (Phi) is 3.81. The number of rotatable bonds is 3. The maximum Gasteiger partial charge on any atom is 0.0573 e. The molecular formula is C12H21N. The van der Waals surface area contributed by atoms with Crippen LogP contribution < -0.4 is 5.32 Å². The molecule has 0 saturated heterocycles. The molecule has 0 heterocycles. The van der Waals surface area contributed by atoms with Crippen molar-refractivity contribution in [1.29, 1.82) is 0 Å². The maximum atomic E-state index is 5.18. The van der Waals surface area contributed by atoms with Gasteiger partial charge in [0, 0.05) is 0 Å². The van der Waals surface area contributed by atoms with Crippen LogP contribution in [0, 0.1) is 23.7 Å². The second-order valence-corrected chi connectivity index (χ2v) is 4.96. The summed E-state index contributed by atoms with van der Waals surface area (Å²) in [4.78, 5) is 0. The summed E-state index contributed by atoms with van der Waals surface area (Å²) in [5, 5.41) is 3.31. The summed E-state index contributed by atoms with van der Waals surface area (Å²) in [7, 11) is 0. The summed E-state index contributed by atoms with van der Waals surface area (Å²) >= 11 is 0. The van der Waals surface area contributed by atoms with E-state index in [1.54, 1.807) is 0 Å². The van der Waals surface area contributed by atoms with E-state index in [0.29, 0.717) is 5.41 Å². The molecule has 1 N–H and O–H groups in total. The van der Waals surface area contributed by atoms with Gasteiger partial charge in [0.05, 0.1) is 6.54 Å². The van der Waals surface area contributed by atoms with Crippen LogP contribution in [0.15, 0.2) is 0 Å². The molecule has 0 aliphatic heterocycles. The fourth-order valence-corrected chi connectivity index (χ4v) is 2.38. The number of nitrogens with one attached hydrogen (secondary N) is 1. The van der Waals surface area contributed by atoms with Crippen LogP contribution >= 0.6 is 0 Å². The Morgan fingerprint density at radius 1 is 1.54 bits per heavy atom. The lowest BCUT2D eigenvalue weighted by atomic mass is 9.72. The Balaban J connectivity index is 2.23. The van der Waals surface area contributed by atoms with E-state index in [9.17, 15) is 0 Å². The third-order valence-corrected chi connectivity index (χ3v) is 2.97. The molecule has 1 fully saturated rings. The summed E-state index contributed by atoms with van der Waals surface area (Å²) in [5.74, 6) is 3.46. The lowest BCUT2D eigenvalue weighted by molar-refractivity contribution is 0.178. The van der Waals surface area contributed by atoms with Crippen molar-refractivity contribution in [2.45, 2.75) is 39.5 Å². The third-order valence-electron chi connectivity index (χ3n) is 2.97. The predicted molar refractivity (Wildman–Crippen MR) is 57.4 cm³/mol. The van der Waals surface area contributed by atoms with Gasteiger partial charge in [0.15, 0.2) is 0 Å². The molecule has 1 saturated carbocycles. The molecule has 1 heteroatoms. The number of terminal acetylenes is 1. The minimum atomic E-state index is 0.556. The number of hydrogen-bond acceptors (Lipinski definition) is 1. The summed E-state index contributed by atoms with van der Waals surface area (Å²) in [6.07, 6.45) is 10.7. The molecule has 0 aromatic carbocycles. The van der Waals surface area contributed by atoms with Gasteiger partial charge in [-0.2, -0.15) is 0 Å². The second kappa shape index (κ2) is 4.67. The van der Waals surface area contributed by atoms with E-state index < -0.39 is 0 Å². The molecule has 0 aromatic heterocycles. The zero-order valence-electron chi connectivity index (χ0n) is 8.90. The van der Waals surface area contributed by atoms with Crippen LogP contribution in [-0.2, 0) is 0 Å². The Morgan fingerprint density at radius 3 is 2.92 bits per heavy atom. The van der Waals surface area contributed by atoms with E-state index in [2.05, 4.69) is 25.1 Å². The van der Waals surface area contributed by atoms with E-state index in [1.165, 1.54) is 25.7 Å². The molecule has 1 atom stereocenters. The van der Waals surface area contributed by atoms with Crippen molar-refractivity contribution >= 4 is 0 Å². The highest BCUT2D eigenvalue weighted by atomic mass is 14.8. The predicted octanol–water partition coefficient (Wildman–Crippen LogP) is 2.43. The van der Waals surface area contributed by atoms with Gasteiger partial charge in [-0.1, -0.05) is 26.2 Å². The molecular weight excluding hydrogens is 158 g/mol. The van der Waals surface area contributed by atoms with Gasteiger partial charge in [-0.3, -0.25) is 0 Å². The van der Waals surface area contributed by atoms with Gasteiger partial charge < -0.3 is 5.32 Å². The van der Waals surface area contributed by atoms with Gasteiger partial charge in [0.1, 0.15) is 0 Å². The van der Waals surface area contributed by atoms with E-state index >= 15 is 0 Å². The first-order chi connectivity index (χ1) is 6.14. The average molecular weight is 179 g/mol. The topological polar surface area (TPSA) is 12.0 Å². The molecule has 1 aliphatic rings. The largest absolute Gasteiger partial charge is 0.306 e. The Hall–Kier alpha value is -0.480. The molecule has 74 valence electrons. The van der Waals surface area contributed by atoms with Gasteiger partial charge >= 0.3 is 0 Å². The summed E-state index contributed by atoms with van der Waals surface area (Å²) in [6.45, 7) is 6.57. The van der Waals surface area contributed by atoms with E-state index in [-0.39, 0.29) is 0 Å². The fraction of sp³-hybridized carbons (Fsp3) is 0.833. The van der Waals surface area contributed by atoms with Crippen molar-refractivity contribution in [3.63, 3.8) is 0 Å². The minimum Gasteiger partial charge on any atom is -0.306 e. The van der Waals surface area contributed by atoms with Crippen LogP contribution in [0.25, 0.3) is 0 Å². The smallest absolute Gasteiger partial charge is 0.0573 e. The first-order valence-corrected chi connectivity index (χ1v) is 5.28. The van der Waals surface area contributed by atoms with Crippen molar-refractivity contribution in [3.8, 4) is 12.3 Å². The van der Waals surface area contributed by atoms with Gasteiger partial charge in [0.2, 0.25) is 0 Å². The standard InChI is InChI=1S/C12H21N/c1-4-8-13-10-11-6-5-7-12(2,3)9-11/h1,11,13H,5-10H2,2-3H3. The van der Waals surface area contributed by atoms with Gasteiger partial charge in [-0.25, -0.2) is 0 Å². The average Bonchev–Trinajstić information content (AvgIpc) is 2.03. The Morgan fingerprint density at radius 2 is 2.31 bits per heavy atom. The lowest BCUT2D eigenvalue weighted by Gasteiger charge is -2.35. The zero-order valence-corrected chi connectivity index (χ0v) is 8.90. The molecule has 1 aliphatic carbocycles. The zero-order chi connectivity index (χ0) is 9.73. The van der Waals surface area contributed by atoms with Gasteiger partial charge in [-0.15, -0.1) is 6.42 Å². The molecule has 0 bridgehead atoms. The molecule has 13 heavy (non-hydrogen) atoms. The Labute approximate surface area is 82.3 Å². The van der Waals surface area contributed by atoms with Crippen LogP contribution in [0.1, 0.15) is 39.5 Å². The third kappa shape index (κ3) is 3.83. The van der Waals surface area contributed by atoms with E-state index in [1.807, 2.05) is 0 Å². The molecule has 0 amide bonds. The molecule has 0 aromatic rings. The van der Waals surface area contributed by atoms with E-state index in [4.69, 9.17) is 6.42 Å². The highest BCUT2D eigenvalue weighted by molar-refractivity contribution is 4.87. The highest BCUT2D eigenvalue weighted by Gasteiger charge is 2.27. The summed E-state index contributed by atoms with van der Waals surface area (Å²) < 4.78 is 0. The van der Waals surface area contributed by atoms with Crippen LogP contribution in [0.3, 0.4) is 0 Å². The van der Waals surface area contributed by atoms with Crippen LogP contribution in [0.2, 0.25) is 0 Å². The minimum absolute atomic E-state index is 0.556. The van der Waals surface area contributed by atoms with Crippen LogP contribution in [0.4, 0.5) is 0 Å². The molecule has 0 spiro atoms. The quantitative estimate of drug-likeness (QED) is 0.518. The molecule has 1 rings (SSSR count). The second-order valence-electron chi connectivity index (χ2n) is 4.96. The van der Waals surface area contributed by atoms with Crippen molar-refractivity contribution in [3.05, 3.63) is 0 Å². The lowest BCUT2D eigenvalue weighted by Crippen LogP contribution is -2.30. The molecule has 0 radical (unpaired) electrons. The van der Waals surface area contributed by atoms with E-state index in [0.717, 1.165) is 19.0 Å². The highest BCUT2D eigenvalue weighted by Crippen LogP contribution is 2.38. The van der Waals surface area contributed by atoms with Gasteiger partial charge in [0.25, 0.3) is 0 Å². The van der Waals surface area contributed by atoms with Crippen molar-refractivity contribution in [1.82, 2.24) is 5.32 Å². The van der Waals surface area contributed by atoms with Gasteiger partial charge in [-0.05, 0) is 37.1 Å². The van der Waals surface area contributed by atoms with Crippen LogP contribution in [-0.4, -0.2) is 13.1 Å². The first-order valence-electron chi connectivity index (χ1n) is 5.28. The molecule has 1 nitrogen and oxygen atoms in total. The molecule has 1 unspecified atom stereocenters. The summed E-state index contributed by atoms with van der Waals surface area (Å²) in [5.41, 5.74) is 0.556. The Bertz CT molecular complexity index is 188. The maximum absolute atomic E-state index is 5.18. The SMILES string of the molecule is C#CCNCC1CCCC(C)(C)C1. The van der Waals surface area contributed by atoms with Crippen molar-refractivity contribution in [2.75, 3.05) is 13.1 Å². The van der Waals surface area contributed by atoms with Crippen molar-refractivity contribution in [2.24, 2.45) is 11.3 Å². The van der Waals surface area contributed by atoms with Crippen molar-refractivity contribution < 1.29 is 0 Å². The van der Waals surface area contributed by atoms with Crippen LogP contribution in [0.5, 0.6) is 0 Å². The number of hydrogen-bond donors (Lipinski definition) is 1. The first kappa shape index (κ1) is 10.6. The summed E-state index contributed by atoms with van der Waals surface area (Å²) in [6, 6.07) is 0.